The molecule has 0 radical (unpaired) electrons. The summed E-state index contributed by atoms with van der Waals surface area (Å²) in [5, 5.41) is 13.4. The van der Waals surface area contributed by atoms with Gasteiger partial charge in [0.15, 0.2) is 5.69 Å². The number of nitrogens with one attached hydrogen (secondary N) is 3. The van der Waals surface area contributed by atoms with Crippen LogP contribution in [-0.4, -0.2) is 46.5 Å². The van der Waals surface area contributed by atoms with Crippen molar-refractivity contribution in [2.75, 3.05) is 18.9 Å². The lowest BCUT2D eigenvalue weighted by Crippen LogP contribution is -2.33. The van der Waals surface area contributed by atoms with Crippen LogP contribution in [-0.2, 0) is 13.0 Å². The molecule has 3 rings (SSSR count). The summed E-state index contributed by atoms with van der Waals surface area (Å²) < 4.78 is 0. The van der Waals surface area contributed by atoms with Gasteiger partial charge >= 0.3 is 0 Å². The van der Waals surface area contributed by atoms with Gasteiger partial charge in [0.1, 0.15) is 0 Å². The van der Waals surface area contributed by atoms with E-state index in [9.17, 15) is 9.59 Å². The van der Waals surface area contributed by atoms with E-state index in [1.807, 2.05) is 13.8 Å². The standard InChI is InChI=1S/C18H22ClN5O2.ClH/c1-10(2)24(3)18(26)11-4-5-13(19)15(8-11)21-17(25)16-12-9-20-7-6-14(12)22-23-16;/h4-5,8,10,20H,6-7,9H2,1-3H3,(H,21,25)(H,22,23);1H. The van der Waals surface area contributed by atoms with Gasteiger partial charge in [0.2, 0.25) is 0 Å². The number of H-pyrrole nitrogens is 1. The summed E-state index contributed by atoms with van der Waals surface area (Å²) in [6, 6.07) is 4.93. The highest BCUT2D eigenvalue weighted by atomic mass is 35.5. The number of benzene rings is 1. The van der Waals surface area contributed by atoms with Crippen LogP contribution in [0.2, 0.25) is 5.02 Å². The van der Waals surface area contributed by atoms with Crippen molar-refractivity contribution in [1.29, 1.82) is 0 Å². The lowest BCUT2D eigenvalue weighted by atomic mass is 10.1. The van der Waals surface area contributed by atoms with Crippen LogP contribution >= 0.6 is 24.0 Å². The van der Waals surface area contributed by atoms with E-state index >= 15 is 0 Å². The third-order valence-electron chi connectivity index (χ3n) is 4.58. The van der Waals surface area contributed by atoms with E-state index < -0.39 is 0 Å². The molecule has 9 heteroatoms. The van der Waals surface area contributed by atoms with Gasteiger partial charge in [0.05, 0.1) is 10.7 Å². The summed E-state index contributed by atoms with van der Waals surface area (Å²) in [6.45, 7) is 5.33. The Morgan fingerprint density at radius 2 is 2.07 bits per heavy atom. The molecule has 3 N–H and O–H groups in total. The molecular formula is C18H23Cl2N5O2. The Morgan fingerprint density at radius 3 is 2.78 bits per heavy atom. The third-order valence-corrected chi connectivity index (χ3v) is 4.91. The minimum atomic E-state index is -0.352. The van der Waals surface area contributed by atoms with Crippen molar-refractivity contribution in [3.63, 3.8) is 0 Å². The van der Waals surface area contributed by atoms with E-state index in [1.165, 1.54) is 0 Å². The molecule has 146 valence electrons. The monoisotopic (exact) mass is 411 g/mol. The Balaban J connectivity index is 0.00000261. The van der Waals surface area contributed by atoms with Crippen molar-refractivity contribution in [2.24, 2.45) is 0 Å². The van der Waals surface area contributed by atoms with Crippen molar-refractivity contribution in [2.45, 2.75) is 32.9 Å². The van der Waals surface area contributed by atoms with Gasteiger partial charge in [0, 0.05) is 49.4 Å². The van der Waals surface area contributed by atoms with E-state index in [-0.39, 0.29) is 30.3 Å². The van der Waals surface area contributed by atoms with Crippen molar-refractivity contribution in [1.82, 2.24) is 20.4 Å². The topological polar surface area (TPSA) is 90.1 Å². The van der Waals surface area contributed by atoms with E-state index in [0.717, 1.165) is 24.2 Å². The Hall–Kier alpha value is -2.09. The minimum absolute atomic E-state index is 0. The summed E-state index contributed by atoms with van der Waals surface area (Å²) in [5.41, 5.74) is 3.05. The van der Waals surface area contributed by atoms with E-state index in [4.69, 9.17) is 11.6 Å². The first-order valence-electron chi connectivity index (χ1n) is 8.53. The number of aromatic amines is 1. The van der Waals surface area contributed by atoms with Crippen molar-refractivity contribution in [3.8, 4) is 0 Å². The number of amides is 2. The van der Waals surface area contributed by atoms with Crippen LogP contribution < -0.4 is 10.6 Å². The molecule has 7 nitrogen and oxygen atoms in total. The molecule has 0 bridgehead atoms. The zero-order valence-electron chi connectivity index (χ0n) is 15.4. The van der Waals surface area contributed by atoms with E-state index in [2.05, 4.69) is 20.8 Å². The molecule has 2 aromatic rings. The first-order chi connectivity index (χ1) is 12.4. The maximum absolute atomic E-state index is 12.6. The second-order valence-electron chi connectivity index (χ2n) is 6.61. The van der Waals surface area contributed by atoms with Crippen LogP contribution in [0.25, 0.3) is 0 Å². The number of carbonyl (C=O) groups excluding carboxylic acids is 2. The molecule has 1 aromatic heterocycles. The maximum atomic E-state index is 12.6. The average Bonchev–Trinajstić information content (AvgIpc) is 3.06. The summed E-state index contributed by atoms with van der Waals surface area (Å²) >= 11 is 6.21. The van der Waals surface area contributed by atoms with Gasteiger partial charge in [-0.1, -0.05) is 11.6 Å². The van der Waals surface area contributed by atoms with Gasteiger partial charge < -0.3 is 15.5 Å². The molecule has 0 saturated heterocycles. The van der Waals surface area contributed by atoms with Gasteiger partial charge in [0.25, 0.3) is 11.8 Å². The fraction of sp³-hybridized carbons (Fsp3) is 0.389. The molecule has 1 aliphatic rings. The molecule has 0 unspecified atom stereocenters. The number of fused-ring (bicyclic) bond motifs is 1. The smallest absolute Gasteiger partial charge is 0.276 e. The molecule has 1 aromatic carbocycles. The second kappa shape index (κ2) is 8.73. The molecule has 0 atom stereocenters. The number of carbonyl (C=O) groups is 2. The van der Waals surface area contributed by atoms with Gasteiger partial charge in [-0.05, 0) is 32.0 Å². The summed E-state index contributed by atoms with van der Waals surface area (Å²) in [7, 11) is 1.74. The highest BCUT2D eigenvalue weighted by Gasteiger charge is 2.23. The SMILES string of the molecule is CC(C)N(C)C(=O)c1ccc(Cl)c(NC(=O)c2n[nH]c3c2CNCC3)c1.Cl. The first-order valence-corrected chi connectivity index (χ1v) is 8.91. The maximum Gasteiger partial charge on any atom is 0.276 e. The molecule has 2 heterocycles. The molecule has 27 heavy (non-hydrogen) atoms. The molecule has 0 spiro atoms. The normalized spacial score (nSPS) is 12.9. The van der Waals surface area contributed by atoms with Crippen LogP contribution in [0.1, 0.15) is 46.0 Å². The fourth-order valence-electron chi connectivity index (χ4n) is 2.79. The number of aromatic nitrogens is 2. The van der Waals surface area contributed by atoms with Crippen molar-refractivity contribution in [3.05, 3.63) is 45.7 Å². The average molecular weight is 412 g/mol. The van der Waals surface area contributed by atoms with Crippen LogP contribution in [0.15, 0.2) is 18.2 Å². The van der Waals surface area contributed by atoms with E-state index in [1.54, 1.807) is 30.1 Å². The molecule has 1 aliphatic heterocycles. The lowest BCUT2D eigenvalue weighted by Gasteiger charge is -2.22. The van der Waals surface area contributed by atoms with Gasteiger partial charge in [-0.2, -0.15) is 5.10 Å². The van der Waals surface area contributed by atoms with Gasteiger partial charge in [-0.25, -0.2) is 0 Å². The molecule has 2 amide bonds. The van der Waals surface area contributed by atoms with Crippen LogP contribution in [0.4, 0.5) is 5.69 Å². The summed E-state index contributed by atoms with van der Waals surface area (Å²) in [5.74, 6) is -0.483. The Labute approximate surface area is 169 Å². The summed E-state index contributed by atoms with van der Waals surface area (Å²) in [4.78, 5) is 26.8. The quantitative estimate of drug-likeness (QED) is 0.721. The number of anilines is 1. The number of nitrogens with zero attached hydrogens (tertiary/aromatic N) is 2. The predicted molar refractivity (Wildman–Crippen MR) is 108 cm³/mol. The number of halogens is 2. The zero-order chi connectivity index (χ0) is 18.8. The van der Waals surface area contributed by atoms with Gasteiger partial charge in [-0.3, -0.25) is 14.7 Å². The molecule has 0 saturated carbocycles. The van der Waals surface area contributed by atoms with Crippen LogP contribution in [0.3, 0.4) is 0 Å². The Bertz CT molecular complexity index is 850. The number of rotatable bonds is 4. The predicted octanol–water partition coefficient (Wildman–Crippen LogP) is 2.86. The largest absolute Gasteiger partial charge is 0.339 e. The molecule has 0 aliphatic carbocycles. The van der Waals surface area contributed by atoms with Crippen LogP contribution in [0, 0.1) is 0 Å². The number of hydrogen-bond donors (Lipinski definition) is 3. The van der Waals surface area contributed by atoms with Gasteiger partial charge in [-0.15, -0.1) is 12.4 Å². The Kier molecular flexibility index (Phi) is 6.86. The zero-order valence-corrected chi connectivity index (χ0v) is 17.0. The fourth-order valence-corrected chi connectivity index (χ4v) is 2.95. The molecule has 0 fully saturated rings. The lowest BCUT2D eigenvalue weighted by molar-refractivity contribution is 0.0754. The van der Waals surface area contributed by atoms with Crippen molar-refractivity contribution < 1.29 is 9.59 Å². The van der Waals surface area contributed by atoms with E-state index in [0.29, 0.717) is 28.5 Å². The Morgan fingerprint density at radius 1 is 1.33 bits per heavy atom. The third kappa shape index (κ3) is 4.43. The highest BCUT2D eigenvalue weighted by molar-refractivity contribution is 6.34. The van der Waals surface area contributed by atoms with Crippen molar-refractivity contribution >= 4 is 41.5 Å². The summed E-state index contributed by atoms with van der Waals surface area (Å²) in [6.07, 6.45) is 0.807. The molecular weight excluding hydrogens is 389 g/mol. The first kappa shape index (κ1) is 21.2. The number of hydrogen-bond acceptors (Lipinski definition) is 4. The minimum Gasteiger partial charge on any atom is -0.339 e. The van der Waals surface area contributed by atoms with Crippen LogP contribution in [0.5, 0.6) is 0 Å². The second-order valence-corrected chi connectivity index (χ2v) is 7.02. The highest BCUT2D eigenvalue weighted by Crippen LogP contribution is 2.25.